The molecule has 1 unspecified atom stereocenters. The van der Waals surface area contributed by atoms with E-state index in [9.17, 15) is 4.79 Å². The zero-order valence-electron chi connectivity index (χ0n) is 16.8. The SMILES string of the molecule is CCNC(=NCc1ccc(C)cc1OC)NCC(NC(=O)OCC)C1CC1. The number of benzene rings is 1. The Morgan fingerprint density at radius 3 is 2.70 bits per heavy atom. The molecule has 1 aliphatic carbocycles. The number of amides is 1. The summed E-state index contributed by atoms with van der Waals surface area (Å²) in [6, 6.07) is 6.15. The molecule has 0 bridgehead atoms. The van der Waals surface area contributed by atoms with E-state index < -0.39 is 0 Å². The van der Waals surface area contributed by atoms with E-state index in [0.29, 0.717) is 25.6 Å². The van der Waals surface area contributed by atoms with E-state index in [1.54, 1.807) is 14.0 Å². The van der Waals surface area contributed by atoms with Gasteiger partial charge in [-0.3, -0.25) is 0 Å². The standard InChI is InChI=1S/C20H32N4O3/c1-5-21-19(22-12-16-8-7-14(3)11-18(16)26-4)23-13-17(15-9-10-15)24-20(25)27-6-2/h7-8,11,15,17H,5-6,9-10,12-13H2,1-4H3,(H,24,25)(H2,21,22,23). The molecule has 7 nitrogen and oxygen atoms in total. The summed E-state index contributed by atoms with van der Waals surface area (Å²) >= 11 is 0. The van der Waals surface area contributed by atoms with Crippen LogP contribution in [-0.4, -0.2) is 44.9 Å². The Labute approximate surface area is 161 Å². The van der Waals surface area contributed by atoms with Crippen molar-refractivity contribution in [2.24, 2.45) is 10.9 Å². The molecule has 150 valence electrons. The normalized spacial score (nSPS) is 15.0. The minimum Gasteiger partial charge on any atom is -0.496 e. The quantitative estimate of drug-likeness (QED) is 0.456. The van der Waals surface area contributed by atoms with E-state index in [1.165, 1.54) is 0 Å². The van der Waals surface area contributed by atoms with Crippen molar-refractivity contribution in [1.29, 1.82) is 0 Å². The number of hydrogen-bond acceptors (Lipinski definition) is 4. The first-order valence-electron chi connectivity index (χ1n) is 9.66. The minimum atomic E-state index is -0.359. The van der Waals surface area contributed by atoms with Crippen LogP contribution in [0, 0.1) is 12.8 Å². The van der Waals surface area contributed by atoms with Crippen molar-refractivity contribution in [3.8, 4) is 5.75 Å². The number of hydrogen-bond donors (Lipinski definition) is 3. The number of carbonyl (C=O) groups is 1. The van der Waals surface area contributed by atoms with Crippen LogP contribution in [0.3, 0.4) is 0 Å². The number of guanidine groups is 1. The second-order valence-electron chi connectivity index (χ2n) is 6.70. The molecular formula is C20H32N4O3. The van der Waals surface area contributed by atoms with Crippen LogP contribution in [0.25, 0.3) is 0 Å². The molecule has 0 radical (unpaired) electrons. The molecule has 1 aromatic rings. The fraction of sp³-hybridized carbons (Fsp3) is 0.600. The predicted octanol–water partition coefficient (Wildman–Crippen LogP) is 2.58. The van der Waals surface area contributed by atoms with Gasteiger partial charge in [0, 0.05) is 18.7 Å². The van der Waals surface area contributed by atoms with Gasteiger partial charge in [-0.2, -0.15) is 0 Å². The molecule has 0 aliphatic heterocycles. The molecule has 2 rings (SSSR count). The lowest BCUT2D eigenvalue weighted by Gasteiger charge is -2.20. The molecule has 1 amide bonds. The Kier molecular flexibility index (Phi) is 8.23. The molecule has 3 N–H and O–H groups in total. The van der Waals surface area contributed by atoms with Crippen molar-refractivity contribution in [2.75, 3.05) is 26.8 Å². The number of nitrogens with zero attached hydrogens (tertiary/aromatic N) is 1. The highest BCUT2D eigenvalue weighted by molar-refractivity contribution is 5.80. The molecule has 1 saturated carbocycles. The highest BCUT2D eigenvalue weighted by Crippen LogP contribution is 2.32. The summed E-state index contributed by atoms with van der Waals surface area (Å²) in [6.45, 7) is 8.13. The number of rotatable bonds is 9. The summed E-state index contributed by atoms with van der Waals surface area (Å²) in [6.07, 6.45) is 1.91. The lowest BCUT2D eigenvalue weighted by molar-refractivity contribution is 0.146. The molecule has 0 saturated heterocycles. The van der Waals surface area contributed by atoms with Crippen molar-refractivity contribution in [3.05, 3.63) is 29.3 Å². The third kappa shape index (κ3) is 7.00. The van der Waals surface area contributed by atoms with Crippen LogP contribution in [-0.2, 0) is 11.3 Å². The summed E-state index contributed by atoms with van der Waals surface area (Å²) in [4.78, 5) is 16.4. The van der Waals surface area contributed by atoms with Crippen LogP contribution >= 0.6 is 0 Å². The number of nitrogens with one attached hydrogen (secondary N) is 3. The fourth-order valence-electron chi connectivity index (χ4n) is 2.85. The average molecular weight is 377 g/mol. The first-order valence-corrected chi connectivity index (χ1v) is 9.66. The van der Waals surface area contributed by atoms with Crippen molar-refractivity contribution in [3.63, 3.8) is 0 Å². The van der Waals surface area contributed by atoms with Crippen molar-refractivity contribution in [1.82, 2.24) is 16.0 Å². The molecule has 27 heavy (non-hydrogen) atoms. The average Bonchev–Trinajstić information content (AvgIpc) is 3.48. The first kappa shape index (κ1) is 20.9. The largest absolute Gasteiger partial charge is 0.496 e. The second kappa shape index (κ2) is 10.6. The van der Waals surface area contributed by atoms with Gasteiger partial charge in [-0.1, -0.05) is 12.1 Å². The lowest BCUT2D eigenvalue weighted by Crippen LogP contribution is -2.48. The van der Waals surface area contributed by atoms with Crippen LogP contribution in [0.2, 0.25) is 0 Å². The molecule has 0 heterocycles. The van der Waals surface area contributed by atoms with Crippen LogP contribution in [0.1, 0.15) is 37.8 Å². The third-order valence-electron chi connectivity index (χ3n) is 4.45. The van der Waals surface area contributed by atoms with Crippen molar-refractivity contribution >= 4 is 12.1 Å². The highest BCUT2D eigenvalue weighted by Gasteiger charge is 2.32. The topological polar surface area (TPSA) is 84.0 Å². The molecule has 1 aliphatic rings. The Hall–Kier alpha value is -2.44. The molecule has 0 spiro atoms. The van der Waals surface area contributed by atoms with E-state index in [1.807, 2.05) is 26.0 Å². The monoisotopic (exact) mass is 376 g/mol. The number of methoxy groups -OCH3 is 1. The van der Waals surface area contributed by atoms with Crippen molar-refractivity contribution in [2.45, 2.75) is 46.2 Å². The minimum absolute atomic E-state index is 0.0433. The van der Waals surface area contributed by atoms with Gasteiger partial charge in [0.2, 0.25) is 0 Å². The summed E-state index contributed by atoms with van der Waals surface area (Å²) in [5.74, 6) is 2.06. The zero-order valence-corrected chi connectivity index (χ0v) is 16.8. The van der Waals surface area contributed by atoms with Gasteiger partial charge in [-0.25, -0.2) is 9.79 Å². The highest BCUT2D eigenvalue weighted by atomic mass is 16.5. The number of aliphatic imine (C=N–C) groups is 1. The Morgan fingerprint density at radius 1 is 1.30 bits per heavy atom. The summed E-state index contributed by atoms with van der Waals surface area (Å²) in [5, 5.41) is 9.53. The number of ether oxygens (including phenoxy) is 2. The zero-order chi connectivity index (χ0) is 19.6. The van der Waals surface area contributed by atoms with Gasteiger partial charge in [0.25, 0.3) is 0 Å². The molecular weight excluding hydrogens is 344 g/mol. The Morgan fingerprint density at radius 2 is 2.07 bits per heavy atom. The van der Waals surface area contributed by atoms with Crippen LogP contribution in [0.15, 0.2) is 23.2 Å². The maximum Gasteiger partial charge on any atom is 0.407 e. The molecule has 1 aromatic carbocycles. The van der Waals surface area contributed by atoms with Crippen LogP contribution in [0.4, 0.5) is 4.79 Å². The maximum atomic E-state index is 11.7. The van der Waals surface area contributed by atoms with E-state index in [2.05, 4.69) is 27.0 Å². The molecule has 0 aromatic heterocycles. The van der Waals surface area contributed by atoms with E-state index in [-0.39, 0.29) is 12.1 Å². The molecule has 7 heteroatoms. The predicted molar refractivity (Wildman–Crippen MR) is 107 cm³/mol. The van der Waals surface area contributed by atoms with Gasteiger partial charge in [-0.15, -0.1) is 0 Å². The number of alkyl carbamates (subject to hydrolysis) is 1. The van der Waals surface area contributed by atoms with Gasteiger partial charge in [0.15, 0.2) is 5.96 Å². The van der Waals surface area contributed by atoms with Crippen molar-refractivity contribution < 1.29 is 14.3 Å². The Bertz CT molecular complexity index is 644. The van der Waals surface area contributed by atoms with Gasteiger partial charge in [0.1, 0.15) is 5.75 Å². The lowest BCUT2D eigenvalue weighted by atomic mass is 10.1. The van der Waals surface area contributed by atoms with Gasteiger partial charge >= 0.3 is 6.09 Å². The Balaban J connectivity index is 1.97. The van der Waals surface area contributed by atoms with E-state index in [0.717, 1.165) is 42.2 Å². The number of carbonyl (C=O) groups excluding carboxylic acids is 1. The smallest absolute Gasteiger partial charge is 0.407 e. The number of aryl methyl sites for hydroxylation is 1. The molecule has 1 atom stereocenters. The van der Waals surface area contributed by atoms with Gasteiger partial charge in [-0.05, 0) is 51.2 Å². The summed E-state index contributed by atoms with van der Waals surface area (Å²) < 4.78 is 10.5. The van der Waals surface area contributed by atoms with Crippen LogP contribution < -0.4 is 20.7 Å². The van der Waals surface area contributed by atoms with Gasteiger partial charge in [0.05, 0.1) is 26.3 Å². The third-order valence-corrected chi connectivity index (χ3v) is 4.45. The first-order chi connectivity index (χ1) is 13.1. The summed E-state index contributed by atoms with van der Waals surface area (Å²) in [5.41, 5.74) is 2.19. The van der Waals surface area contributed by atoms with E-state index in [4.69, 9.17) is 9.47 Å². The second-order valence-corrected chi connectivity index (χ2v) is 6.70. The fourth-order valence-corrected chi connectivity index (χ4v) is 2.85. The van der Waals surface area contributed by atoms with Crippen LogP contribution in [0.5, 0.6) is 5.75 Å². The van der Waals surface area contributed by atoms with Gasteiger partial charge < -0.3 is 25.4 Å². The summed E-state index contributed by atoms with van der Waals surface area (Å²) in [7, 11) is 1.67. The van der Waals surface area contributed by atoms with E-state index >= 15 is 0 Å². The molecule has 1 fully saturated rings. The maximum absolute atomic E-state index is 11.7.